The van der Waals surface area contributed by atoms with Crippen LogP contribution in [0.5, 0.6) is 0 Å². The molecule has 0 atom stereocenters. The molecule has 0 spiro atoms. The van der Waals surface area contributed by atoms with E-state index in [1.54, 1.807) is 0 Å². The molecular formula is C6H9Cl2CoN2-. The molecule has 2 bridgehead atoms. The van der Waals surface area contributed by atoms with Gasteiger partial charge in [-0.25, -0.2) is 6.54 Å². The van der Waals surface area contributed by atoms with E-state index in [0.717, 1.165) is 26.2 Å². The van der Waals surface area contributed by atoms with Crippen LogP contribution >= 0.6 is 23.2 Å². The van der Waals surface area contributed by atoms with Crippen LogP contribution in [0.25, 0.3) is 0 Å². The van der Waals surface area contributed by atoms with E-state index in [-0.39, 0.29) is 16.8 Å². The maximum absolute atomic E-state index is 5.96. The molecule has 3 heterocycles. The maximum Gasteiger partial charge on any atom is 0.0610 e. The van der Waals surface area contributed by atoms with Crippen molar-refractivity contribution in [3.63, 3.8) is 0 Å². The third-order valence-corrected chi connectivity index (χ3v) is 2.75. The number of rotatable bonds is 0. The number of fused-ring (bicyclic) bond motifs is 3. The van der Waals surface area contributed by atoms with Crippen molar-refractivity contribution in [1.82, 2.24) is 9.80 Å². The van der Waals surface area contributed by atoms with Gasteiger partial charge in [0.1, 0.15) is 0 Å². The molecule has 0 aromatic rings. The minimum atomic E-state index is -0.726. The van der Waals surface area contributed by atoms with E-state index < -0.39 is 4.46 Å². The van der Waals surface area contributed by atoms with Crippen LogP contribution in [0.3, 0.4) is 0 Å². The topological polar surface area (TPSA) is 6.48 Å². The molecule has 3 aliphatic rings. The molecule has 67 valence electrons. The van der Waals surface area contributed by atoms with Crippen LogP contribution in [0.1, 0.15) is 0 Å². The molecule has 1 radical (unpaired) electrons. The number of hydrogen-bond donors (Lipinski definition) is 0. The van der Waals surface area contributed by atoms with E-state index in [4.69, 9.17) is 23.2 Å². The Morgan fingerprint density at radius 3 is 1.82 bits per heavy atom. The second kappa shape index (κ2) is 3.40. The monoisotopic (exact) mass is 238 g/mol. The predicted octanol–water partition coefficient (Wildman–Crippen LogP) is 0.908. The molecule has 0 amide bonds. The average Bonchev–Trinajstić information content (AvgIpc) is 1.87. The van der Waals surface area contributed by atoms with Gasteiger partial charge in [0.15, 0.2) is 0 Å². The van der Waals surface area contributed by atoms with Crippen molar-refractivity contribution in [3.05, 3.63) is 6.54 Å². The Hall–Kier alpha value is 1.01. The summed E-state index contributed by atoms with van der Waals surface area (Å²) in [4.78, 5) is 4.26. The molecule has 0 saturated carbocycles. The maximum atomic E-state index is 5.96. The van der Waals surface area contributed by atoms with Crippen molar-refractivity contribution in [2.24, 2.45) is 0 Å². The van der Waals surface area contributed by atoms with E-state index in [0.29, 0.717) is 0 Å². The first-order valence-corrected chi connectivity index (χ1v) is 4.17. The van der Waals surface area contributed by atoms with E-state index in [2.05, 4.69) is 9.80 Å². The van der Waals surface area contributed by atoms with Crippen molar-refractivity contribution >= 4 is 23.2 Å². The van der Waals surface area contributed by atoms with Crippen LogP contribution in [0.15, 0.2) is 0 Å². The Morgan fingerprint density at radius 1 is 1.09 bits per heavy atom. The summed E-state index contributed by atoms with van der Waals surface area (Å²) in [6.07, 6.45) is 0. The minimum absolute atomic E-state index is 0. The summed E-state index contributed by atoms with van der Waals surface area (Å²) in [5, 5.41) is 0. The smallest absolute Gasteiger partial charge is 0.0610 e. The molecule has 0 unspecified atom stereocenters. The Morgan fingerprint density at radius 2 is 1.64 bits per heavy atom. The van der Waals surface area contributed by atoms with Crippen molar-refractivity contribution in [1.29, 1.82) is 0 Å². The van der Waals surface area contributed by atoms with Gasteiger partial charge in [0.05, 0.1) is 4.46 Å². The van der Waals surface area contributed by atoms with Crippen LogP contribution in [-0.2, 0) is 16.8 Å². The van der Waals surface area contributed by atoms with Gasteiger partial charge in [-0.05, 0) is 13.1 Å². The fourth-order valence-electron chi connectivity index (χ4n) is 1.45. The van der Waals surface area contributed by atoms with Gasteiger partial charge < -0.3 is 4.90 Å². The summed E-state index contributed by atoms with van der Waals surface area (Å²) in [5.41, 5.74) is 0. The van der Waals surface area contributed by atoms with Crippen LogP contribution < -0.4 is 0 Å². The first-order valence-electron chi connectivity index (χ1n) is 3.41. The molecule has 3 rings (SSSR count). The minimum Gasteiger partial charge on any atom is -0.450 e. The quantitative estimate of drug-likeness (QED) is 0.352. The zero-order valence-corrected chi connectivity index (χ0v) is 8.44. The fourth-order valence-corrected chi connectivity index (χ4v) is 2.06. The zero-order valence-electron chi connectivity index (χ0n) is 5.89. The first kappa shape index (κ1) is 10.1. The average molecular weight is 239 g/mol. The Bertz CT molecular complexity index is 146. The number of piperazine rings is 3. The molecule has 0 N–H and O–H groups in total. The van der Waals surface area contributed by atoms with Crippen LogP contribution in [0.4, 0.5) is 0 Å². The van der Waals surface area contributed by atoms with Gasteiger partial charge in [0.25, 0.3) is 0 Å². The summed E-state index contributed by atoms with van der Waals surface area (Å²) < 4.78 is -0.726. The van der Waals surface area contributed by atoms with Gasteiger partial charge in [0.2, 0.25) is 0 Å². The molecule has 3 aliphatic heterocycles. The Balaban J connectivity index is 0.000000605. The molecule has 2 nitrogen and oxygen atoms in total. The van der Waals surface area contributed by atoms with Crippen molar-refractivity contribution in [3.8, 4) is 0 Å². The SMILES string of the molecule is ClC1(Cl)[CH-]N2CCN1CC2.[Co]. The molecule has 3 saturated heterocycles. The van der Waals surface area contributed by atoms with Crippen LogP contribution in [-0.4, -0.2) is 40.4 Å². The van der Waals surface area contributed by atoms with Crippen molar-refractivity contribution in [2.75, 3.05) is 26.2 Å². The van der Waals surface area contributed by atoms with E-state index in [1.165, 1.54) is 0 Å². The molecule has 0 aromatic heterocycles. The van der Waals surface area contributed by atoms with Gasteiger partial charge in [-0.15, -0.1) is 23.2 Å². The zero-order chi connectivity index (χ0) is 7.19. The number of nitrogens with zero attached hydrogens (tertiary/aromatic N) is 2. The standard InChI is InChI=1S/C6H9Cl2N2.Co/c7-6(8)5-9-1-3-10(6)4-2-9;/h5H,1-4H2;/q-1;. The van der Waals surface area contributed by atoms with E-state index in [9.17, 15) is 0 Å². The predicted molar refractivity (Wildman–Crippen MR) is 41.9 cm³/mol. The van der Waals surface area contributed by atoms with Gasteiger partial charge in [-0.2, -0.15) is 0 Å². The number of alkyl halides is 2. The second-order valence-electron chi connectivity index (χ2n) is 2.74. The largest absolute Gasteiger partial charge is 0.450 e. The summed E-state index contributed by atoms with van der Waals surface area (Å²) in [7, 11) is 0. The van der Waals surface area contributed by atoms with Crippen LogP contribution in [0.2, 0.25) is 0 Å². The van der Waals surface area contributed by atoms with Gasteiger partial charge in [0, 0.05) is 29.9 Å². The summed E-state index contributed by atoms with van der Waals surface area (Å²) >= 11 is 11.9. The van der Waals surface area contributed by atoms with Crippen LogP contribution in [0, 0.1) is 6.54 Å². The second-order valence-corrected chi connectivity index (χ2v) is 4.09. The van der Waals surface area contributed by atoms with E-state index in [1.807, 2.05) is 6.54 Å². The van der Waals surface area contributed by atoms with Gasteiger partial charge >= 0.3 is 0 Å². The molecule has 3 fully saturated rings. The third-order valence-electron chi connectivity index (χ3n) is 2.07. The van der Waals surface area contributed by atoms with Gasteiger partial charge in [-0.1, -0.05) is 0 Å². The first-order chi connectivity index (χ1) is 4.68. The number of halogens is 2. The fraction of sp³-hybridized carbons (Fsp3) is 0.833. The summed E-state index contributed by atoms with van der Waals surface area (Å²) in [5.74, 6) is 0. The van der Waals surface area contributed by atoms with Crippen molar-refractivity contribution in [2.45, 2.75) is 4.46 Å². The van der Waals surface area contributed by atoms with E-state index >= 15 is 0 Å². The van der Waals surface area contributed by atoms with Crippen molar-refractivity contribution < 1.29 is 16.8 Å². The number of hydrogen-bond acceptors (Lipinski definition) is 2. The molecular weight excluding hydrogens is 230 g/mol. The Kier molecular flexibility index (Phi) is 3.12. The summed E-state index contributed by atoms with van der Waals surface area (Å²) in [6.45, 7) is 6.01. The molecule has 0 aliphatic carbocycles. The van der Waals surface area contributed by atoms with Gasteiger partial charge in [-0.3, -0.25) is 4.90 Å². The molecule has 0 aromatic carbocycles. The summed E-state index contributed by atoms with van der Waals surface area (Å²) in [6, 6.07) is 0. The molecule has 5 heteroatoms. The third kappa shape index (κ3) is 1.84. The Labute approximate surface area is 87.0 Å². The molecule has 11 heavy (non-hydrogen) atoms. The normalized spacial score (nSPS) is 39.8.